The number of amides is 2. The van der Waals surface area contributed by atoms with Gasteiger partial charge in [-0.05, 0) is 79.9 Å². The molecule has 1 saturated heterocycles. The van der Waals surface area contributed by atoms with Gasteiger partial charge in [-0.2, -0.15) is 0 Å². The number of anilines is 1. The van der Waals surface area contributed by atoms with Crippen molar-refractivity contribution >= 4 is 29.1 Å². The normalized spacial score (nSPS) is 18.5. The Morgan fingerprint density at radius 2 is 1.91 bits per heavy atom. The number of fused-ring (bicyclic) bond motifs is 2. The molecule has 2 aliphatic rings. The number of rotatable bonds is 5. The summed E-state index contributed by atoms with van der Waals surface area (Å²) < 4.78 is 14.0. The maximum Gasteiger partial charge on any atom is 0.237 e. The van der Waals surface area contributed by atoms with Gasteiger partial charge in [0.25, 0.3) is 0 Å². The SMILES string of the molecule is CN(C)C(=O)C(Cc1cc(O)ccc1Cl)CN1CCC2(CC1)C(=O)N(C)c1ccc(F)cc12. The number of carbonyl (C=O) groups is 2. The third-order valence-corrected chi connectivity index (χ3v) is 7.39. The lowest BCUT2D eigenvalue weighted by molar-refractivity contribution is -0.134. The van der Waals surface area contributed by atoms with Crippen LogP contribution >= 0.6 is 11.6 Å². The number of phenolic OH excluding ortho intramolecular Hbond substituents is 1. The van der Waals surface area contributed by atoms with E-state index in [1.54, 1.807) is 49.1 Å². The van der Waals surface area contributed by atoms with Crippen LogP contribution in [-0.2, 0) is 21.4 Å². The summed E-state index contributed by atoms with van der Waals surface area (Å²) in [5.74, 6) is -0.576. The van der Waals surface area contributed by atoms with Gasteiger partial charge >= 0.3 is 0 Å². The van der Waals surface area contributed by atoms with Crippen LogP contribution in [0.1, 0.15) is 24.0 Å². The Balaban J connectivity index is 1.52. The number of hydrogen-bond donors (Lipinski definition) is 1. The summed E-state index contributed by atoms with van der Waals surface area (Å²) in [4.78, 5) is 31.5. The summed E-state index contributed by atoms with van der Waals surface area (Å²) >= 11 is 6.32. The number of piperidine rings is 1. The predicted molar refractivity (Wildman–Crippen MR) is 126 cm³/mol. The maximum atomic E-state index is 14.0. The summed E-state index contributed by atoms with van der Waals surface area (Å²) in [6.07, 6.45) is 1.55. The van der Waals surface area contributed by atoms with E-state index < -0.39 is 5.41 Å². The summed E-state index contributed by atoms with van der Waals surface area (Å²) in [7, 11) is 5.19. The third kappa shape index (κ3) is 4.32. The minimum Gasteiger partial charge on any atom is -0.508 e. The molecule has 1 N–H and O–H groups in total. The number of likely N-dealkylation sites (N-methyl/N-ethyl adjacent to an activating group) is 1. The van der Waals surface area contributed by atoms with E-state index in [1.165, 1.54) is 18.2 Å². The lowest BCUT2D eigenvalue weighted by Gasteiger charge is -2.39. The average molecular weight is 474 g/mol. The van der Waals surface area contributed by atoms with Crippen molar-refractivity contribution in [1.29, 1.82) is 0 Å². The van der Waals surface area contributed by atoms with E-state index in [0.29, 0.717) is 43.9 Å². The molecule has 1 spiro atoms. The van der Waals surface area contributed by atoms with E-state index in [9.17, 15) is 19.1 Å². The zero-order valence-electron chi connectivity index (χ0n) is 19.1. The second-order valence-electron chi connectivity index (χ2n) is 9.32. The molecule has 2 heterocycles. The molecule has 0 saturated carbocycles. The van der Waals surface area contributed by atoms with Gasteiger partial charge in [-0.3, -0.25) is 9.59 Å². The average Bonchev–Trinajstić information content (AvgIpc) is 2.98. The Morgan fingerprint density at radius 3 is 2.58 bits per heavy atom. The Labute approximate surface area is 198 Å². The first-order valence-corrected chi connectivity index (χ1v) is 11.5. The molecular weight excluding hydrogens is 445 g/mol. The van der Waals surface area contributed by atoms with E-state index in [0.717, 1.165) is 16.8 Å². The fourth-order valence-corrected chi connectivity index (χ4v) is 5.41. The molecule has 2 aliphatic heterocycles. The van der Waals surface area contributed by atoms with E-state index in [4.69, 9.17) is 11.6 Å². The summed E-state index contributed by atoms with van der Waals surface area (Å²) in [5, 5.41) is 10.4. The first kappa shape index (κ1) is 23.5. The highest BCUT2D eigenvalue weighted by Gasteiger charge is 2.51. The van der Waals surface area contributed by atoms with Crippen molar-refractivity contribution in [3.63, 3.8) is 0 Å². The quantitative estimate of drug-likeness (QED) is 0.722. The number of nitrogens with zero attached hydrogens (tertiary/aromatic N) is 3. The van der Waals surface area contributed by atoms with Gasteiger partial charge < -0.3 is 19.8 Å². The molecule has 8 heteroatoms. The largest absolute Gasteiger partial charge is 0.508 e. The molecule has 0 aromatic heterocycles. The summed E-state index contributed by atoms with van der Waals surface area (Å²) in [5.41, 5.74) is 1.55. The van der Waals surface area contributed by atoms with Crippen LogP contribution in [0.5, 0.6) is 5.75 Å². The van der Waals surface area contributed by atoms with Crippen molar-refractivity contribution < 1.29 is 19.1 Å². The molecule has 1 unspecified atom stereocenters. The monoisotopic (exact) mass is 473 g/mol. The lowest BCUT2D eigenvalue weighted by Crippen LogP contribution is -2.50. The molecule has 176 valence electrons. The fraction of sp³-hybridized carbons (Fsp3) is 0.440. The lowest BCUT2D eigenvalue weighted by atomic mass is 9.73. The highest BCUT2D eigenvalue weighted by Crippen LogP contribution is 2.47. The zero-order valence-corrected chi connectivity index (χ0v) is 19.9. The summed E-state index contributed by atoms with van der Waals surface area (Å²) in [6, 6.07) is 9.31. The Hall–Kier alpha value is -2.64. The van der Waals surface area contributed by atoms with Gasteiger partial charge in [-0.1, -0.05) is 11.6 Å². The third-order valence-electron chi connectivity index (χ3n) is 7.02. The van der Waals surface area contributed by atoms with Crippen molar-refractivity contribution in [3.8, 4) is 5.75 Å². The molecule has 2 aromatic rings. The topological polar surface area (TPSA) is 64.1 Å². The van der Waals surface area contributed by atoms with E-state index in [-0.39, 0.29) is 29.3 Å². The van der Waals surface area contributed by atoms with Crippen molar-refractivity contribution in [2.24, 2.45) is 5.92 Å². The number of halogens is 2. The first-order chi connectivity index (χ1) is 15.6. The first-order valence-electron chi connectivity index (χ1n) is 11.1. The number of aromatic hydroxyl groups is 1. The molecule has 0 aliphatic carbocycles. The van der Waals surface area contributed by atoms with Gasteiger partial charge in [0.05, 0.1) is 11.3 Å². The molecule has 4 rings (SSSR count). The van der Waals surface area contributed by atoms with E-state index in [1.807, 2.05) is 0 Å². The van der Waals surface area contributed by atoms with E-state index >= 15 is 0 Å². The van der Waals surface area contributed by atoms with Crippen LogP contribution in [0.3, 0.4) is 0 Å². The van der Waals surface area contributed by atoms with Crippen LogP contribution < -0.4 is 4.90 Å². The molecule has 1 fully saturated rings. The van der Waals surface area contributed by atoms with Gasteiger partial charge in [0, 0.05) is 38.4 Å². The predicted octanol–water partition coefficient (Wildman–Crippen LogP) is 3.44. The van der Waals surface area contributed by atoms with E-state index in [2.05, 4.69) is 4.90 Å². The zero-order chi connectivity index (χ0) is 23.9. The molecule has 2 amide bonds. The van der Waals surface area contributed by atoms with Gasteiger partial charge in [-0.15, -0.1) is 0 Å². The Bertz CT molecular complexity index is 1080. The molecule has 1 atom stereocenters. The van der Waals surface area contributed by atoms with Crippen molar-refractivity contribution in [1.82, 2.24) is 9.80 Å². The van der Waals surface area contributed by atoms with Crippen LogP contribution in [0.4, 0.5) is 10.1 Å². The highest BCUT2D eigenvalue weighted by molar-refractivity contribution is 6.31. The van der Waals surface area contributed by atoms with Crippen molar-refractivity contribution in [2.75, 3.05) is 45.7 Å². The van der Waals surface area contributed by atoms with Gasteiger partial charge in [-0.25, -0.2) is 4.39 Å². The molecule has 2 aromatic carbocycles. The maximum absolute atomic E-state index is 14.0. The van der Waals surface area contributed by atoms with Crippen LogP contribution in [0.25, 0.3) is 0 Å². The van der Waals surface area contributed by atoms with Crippen molar-refractivity contribution in [3.05, 3.63) is 58.4 Å². The van der Waals surface area contributed by atoms with Gasteiger partial charge in [0.1, 0.15) is 11.6 Å². The van der Waals surface area contributed by atoms with Crippen LogP contribution in [-0.4, -0.2) is 67.5 Å². The molecular formula is C25H29ClFN3O3. The van der Waals surface area contributed by atoms with Crippen LogP contribution in [0, 0.1) is 11.7 Å². The highest BCUT2D eigenvalue weighted by atomic mass is 35.5. The Morgan fingerprint density at radius 1 is 1.21 bits per heavy atom. The molecule has 6 nitrogen and oxygen atoms in total. The number of carbonyl (C=O) groups excluding carboxylic acids is 2. The molecule has 0 radical (unpaired) electrons. The smallest absolute Gasteiger partial charge is 0.237 e. The second-order valence-corrected chi connectivity index (χ2v) is 9.72. The second kappa shape index (κ2) is 8.95. The minimum absolute atomic E-state index is 0.00945. The van der Waals surface area contributed by atoms with Gasteiger partial charge in [0.2, 0.25) is 11.8 Å². The molecule has 0 bridgehead atoms. The van der Waals surface area contributed by atoms with Crippen molar-refractivity contribution in [2.45, 2.75) is 24.7 Å². The number of hydrogen-bond acceptors (Lipinski definition) is 4. The summed E-state index contributed by atoms with van der Waals surface area (Å²) in [6.45, 7) is 1.76. The minimum atomic E-state index is -0.710. The Kier molecular flexibility index (Phi) is 6.38. The fourth-order valence-electron chi connectivity index (χ4n) is 5.22. The van der Waals surface area contributed by atoms with Crippen LogP contribution in [0.15, 0.2) is 36.4 Å². The number of likely N-dealkylation sites (tertiary alicyclic amines) is 1. The van der Waals surface area contributed by atoms with Crippen LogP contribution in [0.2, 0.25) is 5.02 Å². The number of phenols is 1. The molecule has 33 heavy (non-hydrogen) atoms. The number of benzene rings is 2. The van der Waals surface area contributed by atoms with Gasteiger partial charge in [0.15, 0.2) is 0 Å². The standard InChI is InChI=1S/C25H29ClFN3O3/c1-28(2)23(32)17(12-16-13-19(31)5-6-21(16)26)15-30-10-8-25(9-11-30)20-14-18(27)4-7-22(20)29(3)24(25)33/h4-7,13-14,17,31H,8-12,15H2,1-3H3.